The minimum absolute atomic E-state index is 0.0589. The second kappa shape index (κ2) is 11.8. The summed E-state index contributed by atoms with van der Waals surface area (Å²) in [4.78, 5) is 26.9. The number of nitrogens with one attached hydrogen (secondary N) is 1. The van der Waals surface area contributed by atoms with Crippen LogP contribution >= 0.6 is 46.6 Å². The first-order chi connectivity index (χ1) is 14.3. The van der Waals surface area contributed by atoms with E-state index in [4.69, 9.17) is 34.8 Å². The van der Waals surface area contributed by atoms with Gasteiger partial charge in [0.2, 0.25) is 11.8 Å². The number of carbonyl (C=O) groups is 2. The molecule has 0 saturated carbocycles. The van der Waals surface area contributed by atoms with E-state index in [0.717, 1.165) is 0 Å². The molecular formula is C21H22Cl3FN2O2S. The van der Waals surface area contributed by atoms with Crippen LogP contribution in [0.5, 0.6) is 0 Å². The number of halogens is 4. The second-order valence-corrected chi connectivity index (χ2v) is 8.73. The van der Waals surface area contributed by atoms with Crippen LogP contribution in [0.3, 0.4) is 0 Å². The molecule has 0 saturated heterocycles. The van der Waals surface area contributed by atoms with Gasteiger partial charge in [-0.3, -0.25) is 9.59 Å². The highest BCUT2D eigenvalue weighted by molar-refractivity contribution is 7.99. The molecule has 0 aliphatic carbocycles. The number of hydrogen-bond acceptors (Lipinski definition) is 3. The van der Waals surface area contributed by atoms with E-state index in [2.05, 4.69) is 5.32 Å². The summed E-state index contributed by atoms with van der Waals surface area (Å²) in [5, 5.41) is 3.81. The molecule has 0 radical (unpaired) electrons. The Hall–Kier alpha value is -1.47. The third kappa shape index (κ3) is 6.51. The first kappa shape index (κ1) is 24.8. The Morgan fingerprint density at radius 1 is 1.17 bits per heavy atom. The maximum absolute atomic E-state index is 14.0. The van der Waals surface area contributed by atoms with Crippen LogP contribution in [0.15, 0.2) is 36.4 Å². The first-order valence-electron chi connectivity index (χ1n) is 9.24. The second-order valence-electron chi connectivity index (χ2n) is 6.49. The van der Waals surface area contributed by atoms with Gasteiger partial charge in [-0.15, -0.1) is 11.8 Å². The number of hydrogen-bond donors (Lipinski definition) is 1. The summed E-state index contributed by atoms with van der Waals surface area (Å²) in [5.74, 6) is -0.636. The number of benzene rings is 2. The number of amides is 2. The molecule has 1 atom stereocenters. The summed E-state index contributed by atoms with van der Waals surface area (Å²) in [6.45, 7) is 1.98. The molecule has 0 fully saturated rings. The summed E-state index contributed by atoms with van der Waals surface area (Å²) in [6.07, 6.45) is 0.431. The fourth-order valence-corrected chi connectivity index (χ4v) is 4.63. The molecule has 2 amide bonds. The number of thioether (sulfide) groups is 1. The van der Waals surface area contributed by atoms with Crippen LogP contribution in [0.4, 0.5) is 4.39 Å². The zero-order chi connectivity index (χ0) is 22.3. The number of rotatable bonds is 9. The lowest BCUT2D eigenvalue weighted by atomic mass is 10.1. The van der Waals surface area contributed by atoms with Gasteiger partial charge in [0, 0.05) is 40.0 Å². The Kier molecular flexibility index (Phi) is 9.75. The van der Waals surface area contributed by atoms with E-state index >= 15 is 0 Å². The molecule has 0 bridgehead atoms. The molecule has 2 rings (SSSR count). The number of likely N-dealkylation sites (N-methyl/N-ethyl adjacent to an activating group) is 1. The number of carbonyl (C=O) groups excluding carboxylic acids is 2. The average Bonchev–Trinajstić information content (AvgIpc) is 2.71. The molecule has 0 spiro atoms. The van der Waals surface area contributed by atoms with Crippen molar-refractivity contribution in [2.24, 2.45) is 0 Å². The van der Waals surface area contributed by atoms with E-state index in [-0.39, 0.29) is 29.9 Å². The topological polar surface area (TPSA) is 49.4 Å². The predicted octanol–water partition coefficient (Wildman–Crippen LogP) is 5.57. The van der Waals surface area contributed by atoms with Gasteiger partial charge in [0.05, 0.1) is 5.75 Å². The molecule has 0 heterocycles. The van der Waals surface area contributed by atoms with Crippen LogP contribution in [0.25, 0.3) is 0 Å². The van der Waals surface area contributed by atoms with Crippen LogP contribution in [-0.2, 0) is 21.9 Å². The van der Waals surface area contributed by atoms with Gasteiger partial charge in [0.15, 0.2) is 0 Å². The van der Waals surface area contributed by atoms with Crippen LogP contribution < -0.4 is 5.32 Å². The zero-order valence-corrected chi connectivity index (χ0v) is 19.6. The molecule has 0 aliphatic rings. The SMILES string of the molecule is CC[C@@H](C(=O)NC)N(Cc1ccc(Cl)cc1Cl)C(=O)CSCc1c(F)cccc1Cl. The molecule has 0 aliphatic heterocycles. The van der Waals surface area contributed by atoms with E-state index in [1.807, 2.05) is 6.92 Å². The molecule has 9 heteroatoms. The minimum Gasteiger partial charge on any atom is -0.357 e. The normalized spacial score (nSPS) is 11.8. The maximum atomic E-state index is 14.0. The molecule has 4 nitrogen and oxygen atoms in total. The van der Waals surface area contributed by atoms with Gasteiger partial charge in [0.25, 0.3) is 0 Å². The van der Waals surface area contributed by atoms with Crippen LogP contribution in [0.1, 0.15) is 24.5 Å². The smallest absolute Gasteiger partial charge is 0.242 e. The third-order valence-corrected chi connectivity index (χ3v) is 6.41. The molecule has 2 aromatic carbocycles. The molecule has 162 valence electrons. The fourth-order valence-electron chi connectivity index (χ4n) is 2.91. The molecule has 0 aromatic heterocycles. The van der Waals surface area contributed by atoms with E-state index in [1.165, 1.54) is 35.8 Å². The predicted molar refractivity (Wildman–Crippen MR) is 123 cm³/mol. The Balaban J connectivity index is 2.18. The highest BCUT2D eigenvalue weighted by Crippen LogP contribution is 2.26. The molecule has 2 aromatic rings. The van der Waals surface area contributed by atoms with Crippen molar-refractivity contribution in [3.8, 4) is 0 Å². The molecule has 1 N–H and O–H groups in total. The quantitative estimate of drug-likeness (QED) is 0.499. The van der Waals surface area contributed by atoms with Crippen LogP contribution in [-0.4, -0.2) is 35.6 Å². The van der Waals surface area contributed by atoms with Gasteiger partial charge in [-0.2, -0.15) is 0 Å². The van der Waals surface area contributed by atoms with E-state index in [0.29, 0.717) is 32.6 Å². The summed E-state index contributed by atoms with van der Waals surface area (Å²) in [7, 11) is 1.53. The van der Waals surface area contributed by atoms with Crippen LogP contribution in [0, 0.1) is 5.82 Å². The van der Waals surface area contributed by atoms with Crippen molar-refractivity contribution >= 4 is 58.4 Å². The lowest BCUT2D eigenvalue weighted by Crippen LogP contribution is -2.48. The van der Waals surface area contributed by atoms with Crippen LogP contribution in [0.2, 0.25) is 15.1 Å². The van der Waals surface area contributed by atoms with Gasteiger partial charge in [-0.25, -0.2) is 4.39 Å². The van der Waals surface area contributed by atoms with Crippen molar-refractivity contribution < 1.29 is 14.0 Å². The lowest BCUT2D eigenvalue weighted by molar-refractivity contribution is -0.139. The fraction of sp³-hybridized carbons (Fsp3) is 0.333. The summed E-state index contributed by atoms with van der Waals surface area (Å²) in [5.41, 5.74) is 1.03. The van der Waals surface area contributed by atoms with E-state index < -0.39 is 11.9 Å². The highest BCUT2D eigenvalue weighted by atomic mass is 35.5. The summed E-state index contributed by atoms with van der Waals surface area (Å²) < 4.78 is 14.0. The van der Waals surface area contributed by atoms with Crippen molar-refractivity contribution in [2.75, 3.05) is 12.8 Å². The Morgan fingerprint density at radius 3 is 2.50 bits per heavy atom. The van der Waals surface area contributed by atoms with Crippen molar-refractivity contribution in [1.29, 1.82) is 0 Å². The van der Waals surface area contributed by atoms with Gasteiger partial charge in [-0.1, -0.05) is 53.9 Å². The standard InChI is InChI=1S/C21H22Cl3FN2O2S/c1-3-19(21(29)26-2)27(10-13-7-8-14(22)9-17(13)24)20(28)12-30-11-15-16(23)5-4-6-18(15)25/h4-9,19H,3,10-12H2,1-2H3,(H,26,29)/t19-/m0/s1. The lowest BCUT2D eigenvalue weighted by Gasteiger charge is -2.30. The van der Waals surface area contributed by atoms with Gasteiger partial charge < -0.3 is 10.2 Å². The first-order valence-corrected chi connectivity index (χ1v) is 11.5. The molecular weight excluding hydrogens is 470 g/mol. The average molecular weight is 492 g/mol. The third-order valence-electron chi connectivity index (χ3n) is 4.52. The van der Waals surface area contributed by atoms with E-state index in [9.17, 15) is 14.0 Å². The largest absolute Gasteiger partial charge is 0.357 e. The Labute approximate surface area is 195 Å². The Bertz CT molecular complexity index is 894. The highest BCUT2D eigenvalue weighted by Gasteiger charge is 2.28. The summed E-state index contributed by atoms with van der Waals surface area (Å²) in [6, 6.07) is 8.81. The minimum atomic E-state index is -0.660. The number of nitrogens with zero attached hydrogens (tertiary/aromatic N) is 1. The monoisotopic (exact) mass is 490 g/mol. The van der Waals surface area contributed by atoms with Crippen molar-refractivity contribution in [1.82, 2.24) is 10.2 Å². The van der Waals surface area contributed by atoms with Gasteiger partial charge >= 0.3 is 0 Å². The molecule has 0 unspecified atom stereocenters. The van der Waals surface area contributed by atoms with Crippen molar-refractivity contribution in [3.63, 3.8) is 0 Å². The summed E-state index contributed by atoms with van der Waals surface area (Å²) >= 11 is 19.5. The zero-order valence-electron chi connectivity index (χ0n) is 16.6. The Morgan fingerprint density at radius 2 is 1.90 bits per heavy atom. The van der Waals surface area contributed by atoms with Gasteiger partial charge in [0.1, 0.15) is 11.9 Å². The van der Waals surface area contributed by atoms with E-state index in [1.54, 1.807) is 24.3 Å². The maximum Gasteiger partial charge on any atom is 0.242 e. The molecule has 30 heavy (non-hydrogen) atoms. The van der Waals surface area contributed by atoms with Crippen molar-refractivity contribution in [3.05, 3.63) is 68.4 Å². The van der Waals surface area contributed by atoms with Gasteiger partial charge in [-0.05, 0) is 36.2 Å². The van der Waals surface area contributed by atoms with Crippen molar-refractivity contribution in [2.45, 2.75) is 31.7 Å².